The summed E-state index contributed by atoms with van der Waals surface area (Å²) in [6, 6.07) is 0. The maximum atomic E-state index is 12.1. The van der Waals surface area contributed by atoms with Gasteiger partial charge in [0.15, 0.2) is 0 Å². The lowest BCUT2D eigenvalue weighted by molar-refractivity contribution is -0.882. The van der Waals surface area contributed by atoms with Crippen molar-refractivity contribution < 1.29 is 4.65 Å². The molecule has 0 aromatic rings. The van der Waals surface area contributed by atoms with Crippen LogP contribution in [-0.2, 0) is 0 Å². The molecule has 1 saturated heterocycles. The van der Waals surface area contributed by atoms with Gasteiger partial charge in [0.05, 0.1) is 19.6 Å². The molecule has 0 radical (unpaired) electrons. The zero-order valence-corrected chi connectivity index (χ0v) is 9.43. The molecule has 0 aliphatic carbocycles. The van der Waals surface area contributed by atoms with Crippen LogP contribution in [-0.4, -0.2) is 37.4 Å². The number of hydrogen-bond donors (Lipinski definition) is 1. The number of nitrogens with one attached hydrogen (secondary N) is 1. The molecule has 1 fully saturated rings. The standard InChI is InChI=1S/C11H24N2O/c1-2-3-4-5-6-9-13(14)10-7-12-8-11-13/h12H,2-11H2,1H3. The van der Waals surface area contributed by atoms with Gasteiger partial charge in [0, 0.05) is 13.1 Å². The first kappa shape index (κ1) is 12.0. The molecule has 0 spiro atoms. The van der Waals surface area contributed by atoms with E-state index >= 15 is 0 Å². The second kappa shape index (κ2) is 6.38. The normalized spacial score (nSPS) is 21.0. The molecule has 1 aliphatic heterocycles. The number of quaternary nitrogens is 1. The van der Waals surface area contributed by atoms with Gasteiger partial charge in [-0.15, -0.1) is 0 Å². The Labute approximate surface area is 87.7 Å². The van der Waals surface area contributed by atoms with Crippen molar-refractivity contribution in [1.82, 2.24) is 5.32 Å². The zero-order valence-electron chi connectivity index (χ0n) is 9.43. The van der Waals surface area contributed by atoms with Crippen LogP contribution in [0.3, 0.4) is 0 Å². The van der Waals surface area contributed by atoms with E-state index in [0.29, 0.717) is 0 Å². The van der Waals surface area contributed by atoms with Crippen molar-refractivity contribution in [2.45, 2.75) is 39.0 Å². The summed E-state index contributed by atoms with van der Waals surface area (Å²) < 4.78 is 0.0547. The minimum atomic E-state index is 0.0547. The second-order valence-electron chi connectivity index (χ2n) is 4.39. The molecular formula is C11H24N2O. The molecule has 1 heterocycles. The van der Waals surface area contributed by atoms with Gasteiger partial charge in [0.2, 0.25) is 0 Å². The Balaban J connectivity index is 2.03. The molecule has 1 aliphatic rings. The minimum absolute atomic E-state index is 0.0547. The van der Waals surface area contributed by atoms with Crippen molar-refractivity contribution in [1.29, 1.82) is 0 Å². The van der Waals surface area contributed by atoms with Gasteiger partial charge in [0.1, 0.15) is 0 Å². The van der Waals surface area contributed by atoms with Crippen molar-refractivity contribution in [3.63, 3.8) is 0 Å². The number of rotatable bonds is 6. The number of hydrogen-bond acceptors (Lipinski definition) is 2. The smallest absolute Gasteiger partial charge is 0.0911 e. The van der Waals surface area contributed by atoms with Gasteiger partial charge in [-0.05, 0) is 12.8 Å². The summed E-state index contributed by atoms with van der Waals surface area (Å²) in [5.74, 6) is 0. The highest BCUT2D eigenvalue weighted by atomic mass is 16.5. The monoisotopic (exact) mass is 200 g/mol. The Morgan fingerprint density at radius 2 is 1.71 bits per heavy atom. The van der Waals surface area contributed by atoms with Crippen LogP contribution in [0.1, 0.15) is 39.0 Å². The van der Waals surface area contributed by atoms with Gasteiger partial charge in [-0.25, -0.2) is 0 Å². The average Bonchev–Trinajstić information content (AvgIpc) is 2.18. The average molecular weight is 200 g/mol. The van der Waals surface area contributed by atoms with Gasteiger partial charge in [0.25, 0.3) is 0 Å². The quantitative estimate of drug-likeness (QED) is 0.403. The molecule has 0 unspecified atom stereocenters. The summed E-state index contributed by atoms with van der Waals surface area (Å²) in [5, 5.41) is 15.3. The predicted octanol–water partition coefficient (Wildman–Crippen LogP) is 1.87. The van der Waals surface area contributed by atoms with E-state index in [4.69, 9.17) is 0 Å². The summed E-state index contributed by atoms with van der Waals surface area (Å²) in [6.07, 6.45) is 6.25. The molecular weight excluding hydrogens is 176 g/mol. The molecule has 84 valence electrons. The molecule has 0 amide bonds. The van der Waals surface area contributed by atoms with Crippen LogP contribution in [0.5, 0.6) is 0 Å². The lowest BCUT2D eigenvalue weighted by Crippen LogP contribution is -2.55. The van der Waals surface area contributed by atoms with Gasteiger partial charge in [-0.1, -0.05) is 26.2 Å². The van der Waals surface area contributed by atoms with E-state index in [0.717, 1.165) is 39.1 Å². The van der Waals surface area contributed by atoms with E-state index in [2.05, 4.69) is 12.2 Å². The fourth-order valence-corrected chi connectivity index (χ4v) is 2.03. The SMILES string of the molecule is CCCCCCC[N+]1([O-])CCNCC1. The van der Waals surface area contributed by atoms with E-state index in [-0.39, 0.29) is 4.65 Å². The predicted molar refractivity (Wildman–Crippen MR) is 59.9 cm³/mol. The molecule has 0 aromatic carbocycles. The summed E-state index contributed by atoms with van der Waals surface area (Å²) in [5.41, 5.74) is 0. The third-order valence-electron chi connectivity index (χ3n) is 3.06. The van der Waals surface area contributed by atoms with Crippen molar-refractivity contribution in [3.05, 3.63) is 5.21 Å². The lowest BCUT2D eigenvalue weighted by atomic mass is 10.1. The van der Waals surface area contributed by atoms with Crippen LogP contribution < -0.4 is 5.32 Å². The summed E-state index contributed by atoms with van der Waals surface area (Å²) in [4.78, 5) is 0. The minimum Gasteiger partial charge on any atom is -0.633 e. The first-order valence-electron chi connectivity index (χ1n) is 6.05. The zero-order chi connectivity index (χ0) is 10.3. The Morgan fingerprint density at radius 1 is 1.07 bits per heavy atom. The highest BCUT2D eigenvalue weighted by Gasteiger charge is 2.19. The Hall–Kier alpha value is -0.120. The largest absolute Gasteiger partial charge is 0.633 e. The highest BCUT2D eigenvalue weighted by molar-refractivity contribution is 4.58. The van der Waals surface area contributed by atoms with Crippen LogP contribution in [0.4, 0.5) is 0 Å². The highest BCUT2D eigenvalue weighted by Crippen LogP contribution is 2.10. The first-order valence-corrected chi connectivity index (χ1v) is 6.05. The fourth-order valence-electron chi connectivity index (χ4n) is 2.03. The molecule has 1 rings (SSSR count). The van der Waals surface area contributed by atoms with Gasteiger partial charge < -0.3 is 15.2 Å². The Kier molecular flexibility index (Phi) is 5.45. The number of hydroxylamine groups is 3. The van der Waals surface area contributed by atoms with Crippen LogP contribution in [0.25, 0.3) is 0 Å². The maximum Gasteiger partial charge on any atom is 0.0911 e. The van der Waals surface area contributed by atoms with Crippen LogP contribution in [0, 0.1) is 5.21 Å². The van der Waals surface area contributed by atoms with E-state index in [1.54, 1.807) is 0 Å². The molecule has 0 atom stereocenters. The van der Waals surface area contributed by atoms with E-state index in [1.165, 1.54) is 25.7 Å². The summed E-state index contributed by atoms with van der Waals surface area (Å²) >= 11 is 0. The van der Waals surface area contributed by atoms with Crippen molar-refractivity contribution in [2.75, 3.05) is 32.7 Å². The molecule has 3 nitrogen and oxygen atoms in total. The summed E-state index contributed by atoms with van der Waals surface area (Å²) in [6.45, 7) is 6.40. The van der Waals surface area contributed by atoms with Crippen LogP contribution >= 0.6 is 0 Å². The number of nitrogens with zero attached hydrogens (tertiary/aromatic N) is 1. The van der Waals surface area contributed by atoms with Crippen LogP contribution in [0.2, 0.25) is 0 Å². The summed E-state index contributed by atoms with van der Waals surface area (Å²) in [7, 11) is 0. The van der Waals surface area contributed by atoms with E-state index in [1.807, 2.05) is 0 Å². The van der Waals surface area contributed by atoms with Crippen molar-refractivity contribution in [3.8, 4) is 0 Å². The van der Waals surface area contributed by atoms with Gasteiger partial charge in [-0.3, -0.25) is 0 Å². The van der Waals surface area contributed by atoms with Crippen molar-refractivity contribution in [2.24, 2.45) is 0 Å². The lowest BCUT2D eigenvalue weighted by Gasteiger charge is -2.45. The van der Waals surface area contributed by atoms with E-state index in [9.17, 15) is 5.21 Å². The number of unbranched alkanes of at least 4 members (excludes halogenated alkanes) is 4. The first-order chi connectivity index (χ1) is 6.77. The molecule has 0 aromatic heterocycles. The molecule has 0 bridgehead atoms. The number of piperazine rings is 1. The molecule has 3 heteroatoms. The van der Waals surface area contributed by atoms with E-state index < -0.39 is 0 Å². The third-order valence-corrected chi connectivity index (χ3v) is 3.06. The molecule has 0 saturated carbocycles. The third kappa shape index (κ3) is 4.40. The Morgan fingerprint density at radius 3 is 2.36 bits per heavy atom. The van der Waals surface area contributed by atoms with Crippen molar-refractivity contribution >= 4 is 0 Å². The maximum absolute atomic E-state index is 12.1. The van der Waals surface area contributed by atoms with Crippen LogP contribution in [0.15, 0.2) is 0 Å². The molecule has 1 N–H and O–H groups in total. The topological polar surface area (TPSA) is 35.1 Å². The molecule has 14 heavy (non-hydrogen) atoms. The Bertz CT molecular complexity index is 144. The van der Waals surface area contributed by atoms with Gasteiger partial charge in [-0.2, -0.15) is 0 Å². The fraction of sp³-hybridized carbons (Fsp3) is 1.00. The second-order valence-corrected chi connectivity index (χ2v) is 4.39. The van der Waals surface area contributed by atoms with Gasteiger partial charge >= 0.3 is 0 Å².